The summed E-state index contributed by atoms with van der Waals surface area (Å²) in [5, 5.41) is 17.9. The van der Waals surface area contributed by atoms with E-state index in [9.17, 15) is 9.90 Å². The van der Waals surface area contributed by atoms with Gasteiger partial charge in [0.1, 0.15) is 22.6 Å². The van der Waals surface area contributed by atoms with Crippen LogP contribution in [-0.4, -0.2) is 37.3 Å². The third-order valence-electron chi connectivity index (χ3n) is 5.77. The first-order chi connectivity index (χ1) is 16.4. The van der Waals surface area contributed by atoms with Crippen molar-refractivity contribution in [2.24, 2.45) is 7.05 Å². The molecular formula is C24H20ClFN6O2. The fraction of sp³-hybridized carbons (Fsp3) is 0.167. The molecule has 4 aromatic rings. The molecule has 0 spiro atoms. The second-order valence-corrected chi connectivity index (χ2v) is 8.24. The lowest BCUT2D eigenvalue weighted by Crippen LogP contribution is -2.34. The second-order valence-electron chi connectivity index (χ2n) is 7.89. The average molecular weight is 479 g/mol. The number of benzene rings is 1. The highest BCUT2D eigenvalue weighted by Gasteiger charge is 2.33. The number of carbonyl (C=O) groups excluding carboxylic acids is 1. The molecule has 1 unspecified atom stereocenters. The number of fused-ring (bicyclic) bond motifs is 1. The van der Waals surface area contributed by atoms with E-state index in [1.54, 1.807) is 29.2 Å². The Morgan fingerprint density at radius 2 is 2.00 bits per heavy atom. The largest absolute Gasteiger partial charge is 0.378 e. The Kier molecular flexibility index (Phi) is 5.72. The van der Waals surface area contributed by atoms with E-state index < -0.39 is 17.8 Å². The average Bonchev–Trinajstić information content (AvgIpc) is 3.45. The van der Waals surface area contributed by atoms with Gasteiger partial charge in [-0.1, -0.05) is 17.7 Å². The Bertz CT molecular complexity index is 1390. The number of hydrogen-bond acceptors (Lipinski definition) is 6. The maximum absolute atomic E-state index is 15.3. The minimum absolute atomic E-state index is 0.0341. The molecule has 0 bridgehead atoms. The van der Waals surface area contributed by atoms with Crippen molar-refractivity contribution in [1.29, 1.82) is 0 Å². The fourth-order valence-electron chi connectivity index (χ4n) is 4.07. The maximum atomic E-state index is 15.3. The van der Waals surface area contributed by atoms with Crippen molar-refractivity contribution in [1.82, 2.24) is 19.7 Å². The van der Waals surface area contributed by atoms with E-state index in [1.807, 2.05) is 25.2 Å². The van der Waals surface area contributed by atoms with Crippen molar-refractivity contribution >= 4 is 34.8 Å². The molecule has 0 radical (unpaired) electrons. The number of hydrogen-bond donors (Lipinski definition) is 2. The molecule has 172 valence electrons. The summed E-state index contributed by atoms with van der Waals surface area (Å²) >= 11 is 6.02. The molecule has 3 aromatic heterocycles. The van der Waals surface area contributed by atoms with Gasteiger partial charge in [0.15, 0.2) is 6.10 Å². The first kappa shape index (κ1) is 22.0. The Balaban J connectivity index is 1.43. The van der Waals surface area contributed by atoms with Gasteiger partial charge in [-0.2, -0.15) is 5.10 Å². The number of aromatic nitrogens is 4. The highest BCUT2D eigenvalue weighted by atomic mass is 35.5. The summed E-state index contributed by atoms with van der Waals surface area (Å²) in [5.41, 5.74) is 2.48. The molecular weight excluding hydrogens is 459 g/mol. The van der Waals surface area contributed by atoms with Crippen LogP contribution in [0, 0.1) is 5.82 Å². The van der Waals surface area contributed by atoms with Gasteiger partial charge in [0.25, 0.3) is 5.91 Å². The Labute approximate surface area is 199 Å². The zero-order valence-electron chi connectivity index (χ0n) is 18.1. The molecule has 0 aliphatic carbocycles. The van der Waals surface area contributed by atoms with Crippen LogP contribution in [0.15, 0.2) is 61.1 Å². The predicted molar refractivity (Wildman–Crippen MR) is 126 cm³/mol. The molecule has 4 heterocycles. The Morgan fingerprint density at radius 1 is 1.15 bits per heavy atom. The summed E-state index contributed by atoms with van der Waals surface area (Å²) in [6.07, 6.45) is 3.71. The monoisotopic (exact) mass is 478 g/mol. The number of carbonyl (C=O) groups is 1. The van der Waals surface area contributed by atoms with Crippen LogP contribution in [0.2, 0.25) is 5.15 Å². The van der Waals surface area contributed by atoms with E-state index in [2.05, 4.69) is 20.4 Å². The first-order valence-corrected chi connectivity index (χ1v) is 10.9. The number of nitrogens with one attached hydrogen (secondary N) is 1. The van der Waals surface area contributed by atoms with Gasteiger partial charge >= 0.3 is 0 Å². The van der Waals surface area contributed by atoms with Crippen LogP contribution in [0.1, 0.15) is 17.2 Å². The number of amides is 1. The molecule has 0 saturated carbocycles. The molecule has 5 rings (SSSR count). The van der Waals surface area contributed by atoms with Gasteiger partial charge in [0, 0.05) is 37.6 Å². The summed E-state index contributed by atoms with van der Waals surface area (Å²) in [4.78, 5) is 22.5. The molecule has 8 nitrogen and oxygen atoms in total. The summed E-state index contributed by atoms with van der Waals surface area (Å²) in [6, 6.07) is 11.8. The molecule has 0 fully saturated rings. The van der Waals surface area contributed by atoms with E-state index in [0.717, 1.165) is 11.4 Å². The van der Waals surface area contributed by atoms with Crippen molar-refractivity contribution < 1.29 is 14.3 Å². The Morgan fingerprint density at radius 3 is 2.76 bits per heavy atom. The van der Waals surface area contributed by atoms with Crippen molar-refractivity contribution in [3.8, 4) is 11.1 Å². The molecule has 1 aliphatic heterocycles. The van der Waals surface area contributed by atoms with E-state index in [-0.39, 0.29) is 22.9 Å². The van der Waals surface area contributed by atoms with Crippen molar-refractivity contribution in [3.05, 3.63) is 83.2 Å². The normalized spacial score (nSPS) is 13.6. The van der Waals surface area contributed by atoms with Crippen LogP contribution >= 0.6 is 11.6 Å². The predicted octanol–water partition coefficient (Wildman–Crippen LogP) is 4.04. The number of aryl methyl sites for hydroxylation is 1. The van der Waals surface area contributed by atoms with E-state index in [4.69, 9.17) is 11.6 Å². The standard InChI is InChI=1S/C24H20ClFN6O2/c1-31-20(5-9-29-31)30-19-13-14(4-8-27-19)16-11-15-6-10-32(21(15)18(26)12-16)24(34)22(33)17-3-2-7-28-23(17)25/h2-5,7-9,11-13,22,33H,6,10H2,1H3,(H,27,30). The maximum Gasteiger partial charge on any atom is 0.260 e. The molecule has 0 saturated heterocycles. The Hall–Kier alpha value is -3.82. The van der Waals surface area contributed by atoms with Crippen LogP contribution in [-0.2, 0) is 18.3 Å². The molecule has 10 heteroatoms. The third kappa shape index (κ3) is 4.00. The second kappa shape index (κ2) is 8.85. The van der Waals surface area contributed by atoms with E-state index in [1.165, 1.54) is 23.2 Å². The lowest BCUT2D eigenvalue weighted by atomic mass is 10.0. The minimum atomic E-state index is -1.54. The number of halogens is 2. The van der Waals surface area contributed by atoms with Crippen LogP contribution in [0.5, 0.6) is 0 Å². The highest BCUT2D eigenvalue weighted by Crippen LogP contribution is 2.37. The molecule has 1 aliphatic rings. The van der Waals surface area contributed by atoms with Gasteiger partial charge in [-0.3, -0.25) is 9.48 Å². The lowest BCUT2D eigenvalue weighted by Gasteiger charge is -2.22. The van der Waals surface area contributed by atoms with E-state index in [0.29, 0.717) is 23.4 Å². The van der Waals surface area contributed by atoms with Gasteiger partial charge < -0.3 is 15.3 Å². The summed E-state index contributed by atoms with van der Waals surface area (Å²) in [6.45, 7) is 0.257. The number of rotatable bonds is 5. The van der Waals surface area contributed by atoms with Gasteiger partial charge in [-0.05, 0) is 53.4 Å². The SMILES string of the molecule is Cn1nccc1Nc1cc(-c2cc(F)c3c(c2)CCN3C(=O)C(O)c2cccnc2Cl)ccn1. The quantitative estimate of drug-likeness (QED) is 0.420. The molecule has 1 atom stereocenters. The van der Waals surface area contributed by atoms with Gasteiger partial charge in [0.2, 0.25) is 0 Å². The van der Waals surface area contributed by atoms with Gasteiger partial charge in [-0.25, -0.2) is 14.4 Å². The summed E-state index contributed by atoms with van der Waals surface area (Å²) in [5.74, 6) is 0.175. The zero-order valence-corrected chi connectivity index (χ0v) is 18.9. The summed E-state index contributed by atoms with van der Waals surface area (Å²) in [7, 11) is 1.81. The number of aliphatic hydroxyl groups is 1. The number of anilines is 3. The molecule has 34 heavy (non-hydrogen) atoms. The molecule has 1 aromatic carbocycles. The van der Waals surface area contributed by atoms with E-state index >= 15 is 4.39 Å². The number of aliphatic hydroxyl groups excluding tert-OH is 1. The molecule has 1 amide bonds. The van der Waals surface area contributed by atoms with Crippen molar-refractivity contribution in [3.63, 3.8) is 0 Å². The number of pyridine rings is 2. The van der Waals surface area contributed by atoms with Crippen LogP contribution in [0.3, 0.4) is 0 Å². The highest BCUT2D eigenvalue weighted by molar-refractivity contribution is 6.30. The fourth-order valence-corrected chi connectivity index (χ4v) is 4.29. The van der Waals surface area contributed by atoms with Crippen LogP contribution < -0.4 is 10.2 Å². The van der Waals surface area contributed by atoms with Crippen molar-refractivity contribution in [2.75, 3.05) is 16.8 Å². The minimum Gasteiger partial charge on any atom is -0.378 e. The topological polar surface area (TPSA) is 96.2 Å². The first-order valence-electron chi connectivity index (χ1n) is 10.6. The van der Waals surface area contributed by atoms with Crippen molar-refractivity contribution in [2.45, 2.75) is 12.5 Å². The number of nitrogens with zero attached hydrogens (tertiary/aromatic N) is 5. The lowest BCUT2D eigenvalue weighted by molar-refractivity contribution is -0.126. The smallest absolute Gasteiger partial charge is 0.260 e. The van der Waals surface area contributed by atoms with Crippen LogP contribution in [0.25, 0.3) is 11.1 Å². The van der Waals surface area contributed by atoms with Gasteiger partial charge in [-0.15, -0.1) is 0 Å². The van der Waals surface area contributed by atoms with Gasteiger partial charge in [0.05, 0.1) is 11.9 Å². The van der Waals surface area contributed by atoms with Crippen LogP contribution in [0.4, 0.5) is 21.7 Å². The summed E-state index contributed by atoms with van der Waals surface area (Å²) < 4.78 is 17.0. The molecule has 2 N–H and O–H groups in total. The third-order valence-corrected chi connectivity index (χ3v) is 6.09. The zero-order chi connectivity index (χ0) is 23.8.